The van der Waals surface area contributed by atoms with Gasteiger partial charge in [-0.2, -0.15) is 4.68 Å². The van der Waals surface area contributed by atoms with Crippen molar-refractivity contribution in [2.75, 3.05) is 5.32 Å². The molecule has 0 aliphatic carbocycles. The van der Waals surface area contributed by atoms with E-state index in [9.17, 15) is 9.59 Å². The maximum Gasteiger partial charge on any atom is 0.437 e. The third kappa shape index (κ3) is 3.01. The van der Waals surface area contributed by atoms with Crippen LogP contribution in [0.15, 0.2) is 60.8 Å². The predicted molar refractivity (Wildman–Crippen MR) is 81.2 cm³/mol. The van der Waals surface area contributed by atoms with Gasteiger partial charge in [-0.1, -0.05) is 12.1 Å². The number of benzene rings is 1. The number of nitrogens with zero attached hydrogens (tertiary/aromatic N) is 2. The fourth-order valence-electron chi connectivity index (χ4n) is 1.79. The number of carbonyl (C=O) groups is 1. The number of aromatic nitrogens is 2. The SMILES string of the molecule is O=C(Cn1nc(-c2ccco2)oc1=O)Nc1ccccc1Br. The van der Waals surface area contributed by atoms with E-state index in [2.05, 4.69) is 26.3 Å². The molecule has 2 heterocycles. The highest BCUT2D eigenvalue weighted by Crippen LogP contribution is 2.21. The molecule has 0 saturated heterocycles. The van der Waals surface area contributed by atoms with Crippen LogP contribution < -0.4 is 11.1 Å². The zero-order valence-corrected chi connectivity index (χ0v) is 12.7. The third-order valence-electron chi connectivity index (χ3n) is 2.78. The maximum atomic E-state index is 12.0. The fraction of sp³-hybridized carbons (Fsp3) is 0.0714. The first kappa shape index (κ1) is 14.3. The van der Waals surface area contributed by atoms with Crippen LogP contribution in [0.5, 0.6) is 0 Å². The Bertz CT molecular complexity index is 851. The van der Waals surface area contributed by atoms with E-state index in [0.717, 1.165) is 9.15 Å². The normalized spacial score (nSPS) is 10.6. The summed E-state index contributed by atoms with van der Waals surface area (Å²) in [4.78, 5) is 23.7. The molecule has 3 aromatic rings. The van der Waals surface area contributed by atoms with E-state index in [4.69, 9.17) is 8.83 Å². The molecule has 0 aliphatic heterocycles. The van der Waals surface area contributed by atoms with Gasteiger partial charge in [0.1, 0.15) is 6.54 Å². The van der Waals surface area contributed by atoms with Crippen molar-refractivity contribution in [1.82, 2.24) is 9.78 Å². The lowest BCUT2D eigenvalue weighted by Crippen LogP contribution is -2.26. The minimum Gasteiger partial charge on any atom is -0.459 e. The molecule has 1 amide bonds. The van der Waals surface area contributed by atoms with Gasteiger partial charge in [0.2, 0.25) is 5.91 Å². The van der Waals surface area contributed by atoms with E-state index in [0.29, 0.717) is 11.4 Å². The number of halogens is 1. The first-order valence-electron chi connectivity index (χ1n) is 6.29. The van der Waals surface area contributed by atoms with Crippen LogP contribution in [0, 0.1) is 0 Å². The van der Waals surface area contributed by atoms with Crippen LogP contribution in [0.2, 0.25) is 0 Å². The Labute approximate surface area is 132 Å². The smallest absolute Gasteiger partial charge is 0.437 e. The van der Waals surface area contributed by atoms with Gasteiger partial charge < -0.3 is 14.2 Å². The lowest BCUT2D eigenvalue weighted by atomic mass is 10.3. The van der Waals surface area contributed by atoms with Crippen molar-refractivity contribution < 1.29 is 13.6 Å². The number of furan rings is 1. The molecule has 7 nitrogen and oxygen atoms in total. The van der Waals surface area contributed by atoms with Crippen LogP contribution in [-0.2, 0) is 11.3 Å². The zero-order chi connectivity index (χ0) is 15.5. The Balaban J connectivity index is 1.75. The van der Waals surface area contributed by atoms with Crippen molar-refractivity contribution in [3.63, 3.8) is 0 Å². The summed E-state index contributed by atoms with van der Waals surface area (Å²) in [5, 5.41) is 6.61. The Morgan fingerprint density at radius 1 is 1.27 bits per heavy atom. The fourth-order valence-corrected chi connectivity index (χ4v) is 2.18. The first-order valence-corrected chi connectivity index (χ1v) is 7.09. The molecule has 0 bridgehead atoms. The highest BCUT2D eigenvalue weighted by molar-refractivity contribution is 9.10. The average Bonchev–Trinajstić information content (AvgIpc) is 3.12. The lowest BCUT2D eigenvalue weighted by Gasteiger charge is -2.06. The summed E-state index contributed by atoms with van der Waals surface area (Å²) in [6.07, 6.45) is 1.44. The molecular formula is C14H10BrN3O4. The Morgan fingerprint density at radius 2 is 2.09 bits per heavy atom. The topological polar surface area (TPSA) is 90.3 Å². The van der Waals surface area contributed by atoms with Crippen molar-refractivity contribution >= 4 is 27.5 Å². The van der Waals surface area contributed by atoms with Crippen molar-refractivity contribution in [2.24, 2.45) is 0 Å². The summed E-state index contributed by atoms with van der Waals surface area (Å²) in [5.74, 6) is -0.771. The van der Waals surface area contributed by atoms with Gasteiger partial charge in [0, 0.05) is 4.47 Å². The highest BCUT2D eigenvalue weighted by Gasteiger charge is 2.15. The molecule has 0 unspecified atom stereocenters. The number of amides is 1. The van der Waals surface area contributed by atoms with E-state index in [1.807, 2.05) is 6.07 Å². The van der Waals surface area contributed by atoms with Crippen molar-refractivity contribution in [3.05, 3.63) is 57.7 Å². The Kier molecular flexibility index (Phi) is 3.92. The van der Waals surface area contributed by atoms with Crippen LogP contribution in [0.25, 0.3) is 11.7 Å². The molecule has 0 spiro atoms. The molecule has 3 rings (SSSR count). The van der Waals surface area contributed by atoms with Crippen LogP contribution in [0.4, 0.5) is 5.69 Å². The number of hydrogen-bond donors (Lipinski definition) is 1. The van der Waals surface area contributed by atoms with Gasteiger partial charge in [-0.25, -0.2) is 4.79 Å². The van der Waals surface area contributed by atoms with Crippen molar-refractivity contribution in [2.45, 2.75) is 6.54 Å². The molecule has 2 aromatic heterocycles. The Hall–Kier alpha value is -2.61. The van der Waals surface area contributed by atoms with Gasteiger partial charge in [-0.3, -0.25) is 4.79 Å². The minimum absolute atomic E-state index is 0.0312. The van der Waals surface area contributed by atoms with E-state index in [1.54, 1.807) is 30.3 Å². The van der Waals surface area contributed by atoms with Gasteiger partial charge in [-0.05, 0) is 40.2 Å². The molecule has 0 radical (unpaired) electrons. The summed E-state index contributed by atoms with van der Waals surface area (Å²) < 4.78 is 11.7. The highest BCUT2D eigenvalue weighted by atomic mass is 79.9. The second-order valence-corrected chi connectivity index (χ2v) is 5.19. The van der Waals surface area contributed by atoms with Crippen LogP contribution in [0.1, 0.15) is 0 Å². The number of carbonyl (C=O) groups excluding carboxylic acids is 1. The number of rotatable bonds is 4. The lowest BCUT2D eigenvalue weighted by molar-refractivity contribution is -0.117. The molecule has 0 atom stereocenters. The summed E-state index contributed by atoms with van der Waals surface area (Å²) >= 11 is 3.33. The number of nitrogens with one attached hydrogen (secondary N) is 1. The molecule has 1 N–H and O–H groups in total. The third-order valence-corrected chi connectivity index (χ3v) is 3.47. The predicted octanol–water partition coefficient (Wildman–Crippen LogP) is 2.50. The summed E-state index contributed by atoms with van der Waals surface area (Å²) in [7, 11) is 0. The van der Waals surface area contributed by atoms with Gasteiger partial charge >= 0.3 is 5.76 Å². The number of para-hydroxylation sites is 1. The minimum atomic E-state index is -0.728. The van der Waals surface area contributed by atoms with E-state index in [-0.39, 0.29) is 12.4 Å². The van der Waals surface area contributed by atoms with Gasteiger partial charge in [0.25, 0.3) is 5.89 Å². The summed E-state index contributed by atoms with van der Waals surface area (Å²) in [5.41, 5.74) is 0.607. The van der Waals surface area contributed by atoms with E-state index < -0.39 is 11.7 Å². The molecule has 0 saturated carbocycles. The van der Waals surface area contributed by atoms with E-state index in [1.165, 1.54) is 6.26 Å². The first-order chi connectivity index (χ1) is 10.6. The van der Waals surface area contributed by atoms with Crippen LogP contribution in [0.3, 0.4) is 0 Å². The van der Waals surface area contributed by atoms with Gasteiger partial charge in [0.15, 0.2) is 5.76 Å². The number of anilines is 1. The molecule has 22 heavy (non-hydrogen) atoms. The molecule has 0 aliphatic rings. The van der Waals surface area contributed by atoms with Gasteiger partial charge in [0.05, 0.1) is 12.0 Å². The van der Waals surface area contributed by atoms with Crippen molar-refractivity contribution in [1.29, 1.82) is 0 Å². The van der Waals surface area contributed by atoms with Gasteiger partial charge in [-0.15, -0.1) is 5.10 Å². The molecule has 8 heteroatoms. The molecule has 0 fully saturated rings. The molecule has 1 aromatic carbocycles. The van der Waals surface area contributed by atoms with Crippen LogP contribution >= 0.6 is 15.9 Å². The summed E-state index contributed by atoms with van der Waals surface area (Å²) in [6, 6.07) is 10.4. The largest absolute Gasteiger partial charge is 0.459 e. The summed E-state index contributed by atoms with van der Waals surface area (Å²) in [6.45, 7) is -0.260. The van der Waals surface area contributed by atoms with E-state index >= 15 is 0 Å². The number of hydrogen-bond acceptors (Lipinski definition) is 5. The monoisotopic (exact) mass is 363 g/mol. The van der Waals surface area contributed by atoms with Crippen LogP contribution in [-0.4, -0.2) is 15.7 Å². The molecular weight excluding hydrogens is 354 g/mol. The van der Waals surface area contributed by atoms with Crippen molar-refractivity contribution in [3.8, 4) is 11.7 Å². The average molecular weight is 364 g/mol. The Morgan fingerprint density at radius 3 is 2.82 bits per heavy atom. The maximum absolute atomic E-state index is 12.0. The quantitative estimate of drug-likeness (QED) is 0.768. The second kappa shape index (κ2) is 6.02. The second-order valence-electron chi connectivity index (χ2n) is 4.34. The zero-order valence-electron chi connectivity index (χ0n) is 11.2. The molecule has 112 valence electrons. The standard InChI is InChI=1S/C14H10BrN3O4/c15-9-4-1-2-5-10(9)16-12(19)8-18-14(20)22-13(17-18)11-6-3-7-21-11/h1-7H,8H2,(H,16,19).